The molecule has 0 heterocycles. The van der Waals surface area contributed by atoms with E-state index in [0.29, 0.717) is 12.1 Å². The summed E-state index contributed by atoms with van der Waals surface area (Å²) in [5, 5.41) is 3.17. The van der Waals surface area contributed by atoms with Gasteiger partial charge in [0.25, 0.3) is 0 Å². The minimum atomic E-state index is -4.29. The second-order valence-corrected chi connectivity index (χ2v) is 4.40. The second kappa shape index (κ2) is 6.05. The molecule has 1 N–H and O–H groups in total. The normalized spacial score (nSPS) is 13.2. The Morgan fingerprint density at radius 2 is 2.00 bits per heavy atom. The van der Waals surface area contributed by atoms with Gasteiger partial charge in [0.05, 0.1) is 11.6 Å². The molecular weight excluding hydrogens is 239 g/mol. The molecule has 1 rings (SSSR count). The molecule has 1 atom stereocenters. The highest BCUT2D eigenvalue weighted by Crippen LogP contribution is 2.31. The molecule has 0 aromatic heterocycles. The first-order valence-electron chi connectivity index (χ1n) is 5.90. The molecule has 0 aliphatic rings. The van der Waals surface area contributed by atoms with Crippen LogP contribution in [0.5, 0.6) is 0 Å². The molecule has 0 aliphatic carbocycles. The molecule has 0 aliphatic heterocycles. The van der Waals surface area contributed by atoms with Crippen molar-refractivity contribution in [1.82, 2.24) is 5.32 Å². The number of hydrogen-bond acceptors (Lipinski definition) is 1. The minimum Gasteiger partial charge on any atom is -0.307 e. The summed E-state index contributed by atoms with van der Waals surface area (Å²) in [6, 6.07) is 5.27. The molecule has 0 spiro atoms. The minimum absolute atomic E-state index is 0.178. The van der Waals surface area contributed by atoms with E-state index in [1.165, 1.54) is 12.1 Å². The van der Waals surface area contributed by atoms with E-state index < -0.39 is 11.7 Å². The standard InChI is InChI=1S/C14H18F3N/c1-4-18-13(8-10(2)3)11-6-5-7-12(9-11)14(15,16)17/h5-9,13,18H,4H2,1-3H3. The predicted octanol–water partition coefficient (Wildman–Crippen LogP) is 4.32. The Hall–Kier alpha value is -1.29. The Balaban J connectivity index is 3.09. The maximum atomic E-state index is 12.6. The second-order valence-electron chi connectivity index (χ2n) is 4.40. The smallest absolute Gasteiger partial charge is 0.307 e. The fourth-order valence-electron chi connectivity index (χ4n) is 1.73. The number of likely N-dealkylation sites (N-methyl/N-ethyl adjacent to an activating group) is 1. The van der Waals surface area contributed by atoms with Crippen LogP contribution in [0.25, 0.3) is 0 Å². The zero-order chi connectivity index (χ0) is 13.8. The summed E-state index contributed by atoms with van der Waals surface area (Å²) >= 11 is 0. The van der Waals surface area contributed by atoms with Gasteiger partial charge in [0, 0.05) is 0 Å². The van der Waals surface area contributed by atoms with Crippen LogP contribution in [0.3, 0.4) is 0 Å². The van der Waals surface area contributed by atoms with Crippen LogP contribution < -0.4 is 5.32 Å². The van der Waals surface area contributed by atoms with Crippen molar-refractivity contribution in [1.29, 1.82) is 0 Å². The van der Waals surface area contributed by atoms with Gasteiger partial charge in [-0.2, -0.15) is 13.2 Å². The molecule has 1 aromatic carbocycles. The molecule has 0 bridgehead atoms. The topological polar surface area (TPSA) is 12.0 Å². The van der Waals surface area contributed by atoms with Gasteiger partial charge in [-0.05, 0) is 38.1 Å². The van der Waals surface area contributed by atoms with Crippen LogP contribution in [0.4, 0.5) is 13.2 Å². The van der Waals surface area contributed by atoms with Crippen molar-refractivity contribution in [2.75, 3.05) is 6.54 Å². The zero-order valence-electron chi connectivity index (χ0n) is 10.8. The lowest BCUT2D eigenvalue weighted by Gasteiger charge is -2.17. The van der Waals surface area contributed by atoms with Crippen LogP contribution in [-0.2, 0) is 6.18 Å². The predicted molar refractivity (Wildman–Crippen MR) is 67.3 cm³/mol. The summed E-state index contributed by atoms with van der Waals surface area (Å²) in [6.07, 6.45) is -2.36. The molecule has 0 radical (unpaired) electrons. The first-order valence-corrected chi connectivity index (χ1v) is 5.90. The highest BCUT2D eigenvalue weighted by atomic mass is 19.4. The summed E-state index contributed by atoms with van der Waals surface area (Å²) < 4.78 is 37.9. The largest absolute Gasteiger partial charge is 0.416 e. The Bertz CT molecular complexity index is 417. The van der Waals surface area contributed by atoms with Crippen LogP contribution in [0.15, 0.2) is 35.9 Å². The molecule has 0 saturated heterocycles. The molecular formula is C14H18F3N. The highest BCUT2D eigenvalue weighted by molar-refractivity contribution is 5.30. The Morgan fingerprint density at radius 1 is 1.33 bits per heavy atom. The summed E-state index contributed by atoms with van der Waals surface area (Å²) in [6.45, 7) is 6.49. The van der Waals surface area contributed by atoms with Gasteiger partial charge in [0.2, 0.25) is 0 Å². The maximum Gasteiger partial charge on any atom is 0.416 e. The molecule has 18 heavy (non-hydrogen) atoms. The zero-order valence-corrected chi connectivity index (χ0v) is 10.8. The van der Waals surface area contributed by atoms with E-state index >= 15 is 0 Å². The SMILES string of the molecule is CCNC(C=C(C)C)c1cccc(C(F)(F)F)c1. The first kappa shape index (κ1) is 14.8. The molecule has 0 fully saturated rings. The maximum absolute atomic E-state index is 12.6. The summed E-state index contributed by atoms with van der Waals surface area (Å²) in [5.41, 5.74) is 1.09. The van der Waals surface area contributed by atoms with Gasteiger partial charge in [-0.1, -0.05) is 30.7 Å². The number of allylic oxidation sites excluding steroid dienone is 1. The molecule has 4 heteroatoms. The van der Waals surface area contributed by atoms with Gasteiger partial charge in [0.15, 0.2) is 0 Å². The van der Waals surface area contributed by atoms with E-state index in [4.69, 9.17) is 0 Å². The monoisotopic (exact) mass is 257 g/mol. The number of halogens is 3. The first-order chi connectivity index (χ1) is 8.34. The van der Waals surface area contributed by atoms with E-state index in [0.717, 1.165) is 11.6 Å². The molecule has 100 valence electrons. The number of benzene rings is 1. The van der Waals surface area contributed by atoms with Gasteiger partial charge < -0.3 is 5.32 Å². The lowest BCUT2D eigenvalue weighted by molar-refractivity contribution is -0.137. The molecule has 0 amide bonds. The summed E-state index contributed by atoms with van der Waals surface area (Å²) in [5.74, 6) is 0. The van der Waals surface area contributed by atoms with Crippen molar-refractivity contribution in [2.45, 2.75) is 33.0 Å². The van der Waals surface area contributed by atoms with Crippen LogP contribution in [0, 0.1) is 0 Å². The lowest BCUT2D eigenvalue weighted by atomic mass is 10.0. The number of rotatable bonds is 4. The van der Waals surface area contributed by atoms with Crippen LogP contribution >= 0.6 is 0 Å². The van der Waals surface area contributed by atoms with Gasteiger partial charge in [-0.3, -0.25) is 0 Å². The van der Waals surface area contributed by atoms with E-state index in [1.54, 1.807) is 6.07 Å². The number of nitrogens with one attached hydrogen (secondary N) is 1. The van der Waals surface area contributed by atoms with Crippen molar-refractivity contribution in [2.24, 2.45) is 0 Å². The van der Waals surface area contributed by atoms with Crippen molar-refractivity contribution < 1.29 is 13.2 Å². The molecule has 0 saturated carbocycles. The Labute approximate surface area is 106 Å². The fourth-order valence-corrected chi connectivity index (χ4v) is 1.73. The van der Waals surface area contributed by atoms with E-state index in [2.05, 4.69) is 5.32 Å². The summed E-state index contributed by atoms with van der Waals surface area (Å²) in [4.78, 5) is 0. The fraction of sp³-hybridized carbons (Fsp3) is 0.429. The Kier molecular flexibility index (Phi) is 4.96. The number of hydrogen-bond donors (Lipinski definition) is 1. The van der Waals surface area contributed by atoms with E-state index in [-0.39, 0.29) is 6.04 Å². The third-order valence-corrected chi connectivity index (χ3v) is 2.50. The van der Waals surface area contributed by atoms with Gasteiger partial charge in [-0.15, -0.1) is 0 Å². The molecule has 1 unspecified atom stereocenters. The van der Waals surface area contributed by atoms with E-state index in [9.17, 15) is 13.2 Å². The average molecular weight is 257 g/mol. The number of alkyl halides is 3. The van der Waals surface area contributed by atoms with Crippen molar-refractivity contribution >= 4 is 0 Å². The van der Waals surface area contributed by atoms with Crippen molar-refractivity contribution in [3.8, 4) is 0 Å². The quantitative estimate of drug-likeness (QED) is 0.792. The lowest BCUT2D eigenvalue weighted by Crippen LogP contribution is -2.20. The molecule has 1 aromatic rings. The van der Waals surface area contributed by atoms with Gasteiger partial charge >= 0.3 is 6.18 Å². The summed E-state index contributed by atoms with van der Waals surface area (Å²) in [7, 11) is 0. The van der Waals surface area contributed by atoms with Crippen molar-refractivity contribution in [3.63, 3.8) is 0 Å². The molecule has 1 nitrogen and oxygen atoms in total. The third kappa shape index (κ3) is 4.18. The van der Waals surface area contributed by atoms with E-state index in [1.807, 2.05) is 26.8 Å². The third-order valence-electron chi connectivity index (χ3n) is 2.50. The van der Waals surface area contributed by atoms with Crippen LogP contribution in [0.2, 0.25) is 0 Å². The van der Waals surface area contributed by atoms with Crippen LogP contribution in [0.1, 0.15) is 37.9 Å². The Morgan fingerprint density at radius 3 is 2.50 bits per heavy atom. The van der Waals surface area contributed by atoms with Crippen molar-refractivity contribution in [3.05, 3.63) is 47.0 Å². The van der Waals surface area contributed by atoms with Gasteiger partial charge in [0.1, 0.15) is 0 Å². The highest BCUT2D eigenvalue weighted by Gasteiger charge is 2.30. The average Bonchev–Trinajstić information content (AvgIpc) is 2.27. The van der Waals surface area contributed by atoms with Gasteiger partial charge in [-0.25, -0.2) is 0 Å². The van der Waals surface area contributed by atoms with Crippen LogP contribution in [-0.4, -0.2) is 6.54 Å².